The molecule has 0 saturated carbocycles. The summed E-state index contributed by atoms with van der Waals surface area (Å²) >= 11 is 9.73. The van der Waals surface area contributed by atoms with E-state index in [0.29, 0.717) is 11.5 Å². The molecule has 0 aliphatic carbocycles. The van der Waals surface area contributed by atoms with E-state index in [2.05, 4.69) is 20.8 Å². The minimum Gasteiger partial charge on any atom is -0.392 e. The van der Waals surface area contributed by atoms with Gasteiger partial charge in [-0.25, -0.2) is 0 Å². The van der Waals surface area contributed by atoms with Crippen molar-refractivity contribution in [1.82, 2.24) is 9.80 Å². The van der Waals surface area contributed by atoms with Crippen LogP contribution in [0.4, 0.5) is 0 Å². The number of amides is 1. The third-order valence-corrected chi connectivity index (χ3v) is 4.56. The number of thiocarbonyl (C=S) groups is 1. The Hall–Kier alpha value is -0.500. The zero-order valence-corrected chi connectivity index (χ0v) is 13.0. The van der Waals surface area contributed by atoms with E-state index in [0.717, 1.165) is 34.8 Å². The lowest BCUT2D eigenvalue weighted by Crippen LogP contribution is -2.50. The van der Waals surface area contributed by atoms with Gasteiger partial charge < -0.3 is 10.6 Å². The first-order valence-electron chi connectivity index (χ1n) is 5.61. The van der Waals surface area contributed by atoms with Gasteiger partial charge in [-0.1, -0.05) is 12.2 Å². The fraction of sp³-hybridized carbons (Fsp3) is 0.455. The van der Waals surface area contributed by atoms with Gasteiger partial charge in [-0.05, 0) is 28.1 Å². The maximum atomic E-state index is 12.2. The van der Waals surface area contributed by atoms with Crippen molar-refractivity contribution >= 4 is 50.4 Å². The van der Waals surface area contributed by atoms with Crippen LogP contribution in [0.1, 0.15) is 9.67 Å². The Morgan fingerprint density at radius 1 is 1.39 bits per heavy atom. The number of rotatable bonds is 3. The predicted octanol–water partition coefficient (Wildman–Crippen LogP) is 1.55. The van der Waals surface area contributed by atoms with Gasteiger partial charge in [0.15, 0.2) is 0 Å². The smallest absolute Gasteiger partial charge is 0.264 e. The molecule has 2 rings (SSSR count). The lowest BCUT2D eigenvalue weighted by molar-refractivity contribution is 0.0659. The van der Waals surface area contributed by atoms with Gasteiger partial charge in [0.1, 0.15) is 0 Å². The summed E-state index contributed by atoms with van der Waals surface area (Å²) in [6.07, 6.45) is 0. The maximum Gasteiger partial charge on any atom is 0.264 e. The minimum atomic E-state index is 0.112. The molecular formula is C11H14BrN3OS2. The van der Waals surface area contributed by atoms with Gasteiger partial charge in [0.25, 0.3) is 5.91 Å². The van der Waals surface area contributed by atoms with Crippen molar-refractivity contribution in [1.29, 1.82) is 0 Å². The maximum absolute atomic E-state index is 12.2. The lowest BCUT2D eigenvalue weighted by atomic mass is 10.3. The van der Waals surface area contributed by atoms with Crippen molar-refractivity contribution in [3.63, 3.8) is 0 Å². The molecule has 0 radical (unpaired) electrons. The standard InChI is InChI=1S/C11H14BrN3OS2/c12-9-2-1-8(18-9)11(16)15-5-3-14(4-6-15)7-10(13)17/h1-2H,3-7H2,(H2,13,17). The zero-order chi connectivity index (χ0) is 13.1. The molecule has 1 aliphatic heterocycles. The average Bonchev–Trinajstić information content (AvgIpc) is 2.75. The third kappa shape index (κ3) is 3.50. The van der Waals surface area contributed by atoms with E-state index in [1.165, 1.54) is 11.3 Å². The predicted molar refractivity (Wildman–Crippen MR) is 81.1 cm³/mol. The monoisotopic (exact) mass is 347 g/mol. The summed E-state index contributed by atoms with van der Waals surface area (Å²) in [5.74, 6) is 0.112. The first kappa shape index (κ1) is 13.9. The molecule has 1 saturated heterocycles. The zero-order valence-electron chi connectivity index (χ0n) is 9.76. The summed E-state index contributed by atoms with van der Waals surface area (Å²) in [7, 11) is 0. The number of thiophene rings is 1. The summed E-state index contributed by atoms with van der Waals surface area (Å²) in [6, 6.07) is 3.76. The number of carbonyl (C=O) groups excluding carboxylic acids is 1. The van der Waals surface area contributed by atoms with E-state index in [4.69, 9.17) is 18.0 Å². The van der Waals surface area contributed by atoms with Crippen LogP contribution in [0.3, 0.4) is 0 Å². The summed E-state index contributed by atoms with van der Waals surface area (Å²) in [6.45, 7) is 3.76. The molecule has 1 aliphatic rings. The van der Waals surface area contributed by atoms with Crippen molar-refractivity contribution in [3.8, 4) is 0 Å². The van der Waals surface area contributed by atoms with Crippen molar-refractivity contribution in [2.45, 2.75) is 0 Å². The average molecular weight is 348 g/mol. The Labute approximate surface area is 124 Å². The SMILES string of the molecule is NC(=S)CN1CCN(C(=O)c2ccc(Br)s2)CC1. The van der Waals surface area contributed by atoms with Crippen LogP contribution in [0, 0.1) is 0 Å². The van der Waals surface area contributed by atoms with Gasteiger partial charge in [-0.3, -0.25) is 9.69 Å². The van der Waals surface area contributed by atoms with Crippen molar-refractivity contribution < 1.29 is 4.79 Å². The summed E-state index contributed by atoms with van der Waals surface area (Å²) in [4.78, 5) is 17.5. The number of carbonyl (C=O) groups is 1. The van der Waals surface area contributed by atoms with E-state index in [1.807, 2.05) is 17.0 Å². The van der Waals surface area contributed by atoms with Crippen molar-refractivity contribution in [3.05, 3.63) is 20.8 Å². The number of nitrogens with two attached hydrogens (primary N) is 1. The molecule has 0 bridgehead atoms. The van der Waals surface area contributed by atoms with Gasteiger partial charge >= 0.3 is 0 Å². The molecule has 1 fully saturated rings. The van der Waals surface area contributed by atoms with Crippen molar-refractivity contribution in [2.24, 2.45) is 5.73 Å². The van der Waals surface area contributed by atoms with Crippen molar-refractivity contribution in [2.75, 3.05) is 32.7 Å². The Balaban J connectivity index is 1.90. The Morgan fingerprint density at radius 3 is 2.56 bits per heavy atom. The molecule has 98 valence electrons. The van der Waals surface area contributed by atoms with Crippen LogP contribution in [0.5, 0.6) is 0 Å². The molecule has 0 atom stereocenters. The molecule has 1 amide bonds. The number of nitrogens with zero attached hydrogens (tertiary/aromatic N) is 2. The minimum absolute atomic E-state index is 0.112. The highest BCUT2D eigenvalue weighted by molar-refractivity contribution is 9.11. The molecule has 0 unspecified atom stereocenters. The van der Waals surface area contributed by atoms with E-state index >= 15 is 0 Å². The molecular weight excluding hydrogens is 334 g/mol. The summed E-state index contributed by atoms with van der Waals surface area (Å²) in [5.41, 5.74) is 5.52. The van der Waals surface area contributed by atoms with Gasteiger partial charge in [-0.2, -0.15) is 0 Å². The van der Waals surface area contributed by atoms with Crippen LogP contribution in [0.15, 0.2) is 15.9 Å². The molecule has 7 heteroatoms. The number of hydrogen-bond acceptors (Lipinski definition) is 4. The lowest BCUT2D eigenvalue weighted by Gasteiger charge is -2.34. The van der Waals surface area contributed by atoms with Crippen LogP contribution >= 0.6 is 39.5 Å². The second kappa shape index (κ2) is 6.10. The Kier molecular flexibility index (Phi) is 4.71. The van der Waals surface area contributed by atoms with Crippen LogP contribution in [-0.2, 0) is 0 Å². The topological polar surface area (TPSA) is 49.6 Å². The highest BCUT2D eigenvalue weighted by Gasteiger charge is 2.23. The van der Waals surface area contributed by atoms with Crippen LogP contribution in [-0.4, -0.2) is 53.4 Å². The first-order chi connectivity index (χ1) is 8.56. The first-order valence-corrected chi connectivity index (χ1v) is 7.63. The highest BCUT2D eigenvalue weighted by Crippen LogP contribution is 2.23. The second-order valence-electron chi connectivity index (χ2n) is 4.14. The van der Waals surface area contributed by atoms with E-state index in [9.17, 15) is 4.79 Å². The van der Waals surface area contributed by atoms with Gasteiger partial charge in [0.2, 0.25) is 0 Å². The molecule has 1 aromatic heterocycles. The van der Waals surface area contributed by atoms with E-state index in [-0.39, 0.29) is 5.91 Å². The van der Waals surface area contributed by atoms with Crippen LogP contribution < -0.4 is 5.73 Å². The Morgan fingerprint density at radius 2 is 2.06 bits per heavy atom. The number of hydrogen-bond donors (Lipinski definition) is 1. The molecule has 1 aromatic rings. The fourth-order valence-corrected chi connectivity index (χ4v) is 3.45. The Bertz CT molecular complexity index is 455. The summed E-state index contributed by atoms with van der Waals surface area (Å²) < 4.78 is 0.984. The van der Waals surface area contributed by atoms with Gasteiger partial charge in [-0.15, -0.1) is 11.3 Å². The third-order valence-electron chi connectivity index (χ3n) is 2.82. The molecule has 2 N–H and O–H groups in total. The van der Waals surface area contributed by atoms with E-state index < -0.39 is 0 Å². The van der Waals surface area contributed by atoms with Crippen LogP contribution in [0.2, 0.25) is 0 Å². The largest absolute Gasteiger partial charge is 0.392 e. The normalized spacial score (nSPS) is 16.8. The second-order valence-corrected chi connectivity index (χ2v) is 7.13. The van der Waals surface area contributed by atoms with E-state index in [1.54, 1.807) is 0 Å². The highest BCUT2D eigenvalue weighted by atomic mass is 79.9. The molecule has 18 heavy (non-hydrogen) atoms. The molecule has 4 nitrogen and oxygen atoms in total. The fourth-order valence-electron chi connectivity index (χ4n) is 1.91. The number of halogens is 1. The van der Waals surface area contributed by atoms with Crippen LogP contribution in [0.25, 0.3) is 0 Å². The molecule has 0 spiro atoms. The quantitative estimate of drug-likeness (QED) is 0.843. The number of piperazine rings is 1. The van der Waals surface area contributed by atoms with Gasteiger partial charge in [0, 0.05) is 32.7 Å². The summed E-state index contributed by atoms with van der Waals surface area (Å²) in [5, 5.41) is 0. The molecule has 0 aromatic carbocycles. The molecule has 2 heterocycles. The van der Waals surface area contributed by atoms with Gasteiger partial charge in [0.05, 0.1) is 13.7 Å².